The summed E-state index contributed by atoms with van der Waals surface area (Å²) in [4.78, 5) is 24.3. The van der Waals surface area contributed by atoms with E-state index in [4.69, 9.17) is 0 Å². The van der Waals surface area contributed by atoms with E-state index in [0.29, 0.717) is 5.56 Å². The second kappa shape index (κ2) is 9.85. The lowest BCUT2D eigenvalue weighted by molar-refractivity contribution is -0.137. The van der Waals surface area contributed by atoms with E-state index in [1.165, 1.54) is 22.9 Å². The number of aliphatic carboxylic acids is 1. The molecule has 0 radical (unpaired) electrons. The standard InChI is InChI=1S/C25H26FN3O4/c26-19-12-10-17(11-13-19)16-6-8-18(9-7-16)21(15-24(31)32)27-25(33)22-14-23(30)29(28-22)20-4-2-1-3-5-20/h6-14,20-21,30H,1-5,15H2,(H,27,33)(H,31,32). The highest BCUT2D eigenvalue weighted by Gasteiger charge is 2.24. The second-order valence-corrected chi connectivity index (χ2v) is 8.38. The molecule has 0 saturated heterocycles. The molecule has 2 aromatic carbocycles. The monoisotopic (exact) mass is 451 g/mol. The first-order valence-corrected chi connectivity index (χ1v) is 11.1. The molecule has 172 valence electrons. The number of carboxylic acids is 1. The van der Waals surface area contributed by atoms with Crippen LogP contribution in [0.15, 0.2) is 54.6 Å². The Labute approximate surface area is 190 Å². The first-order chi connectivity index (χ1) is 15.9. The molecule has 1 aliphatic carbocycles. The van der Waals surface area contributed by atoms with E-state index in [9.17, 15) is 24.2 Å². The Morgan fingerprint density at radius 1 is 1.03 bits per heavy atom. The summed E-state index contributed by atoms with van der Waals surface area (Å²) in [7, 11) is 0. The number of halogens is 1. The maximum absolute atomic E-state index is 13.2. The molecule has 3 aromatic rings. The molecule has 0 aliphatic heterocycles. The number of hydrogen-bond donors (Lipinski definition) is 3. The molecule has 1 aromatic heterocycles. The number of amides is 1. The van der Waals surface area contributed by atoms with Crippen LogP contribution in [0.2, 0.25) is 0 Å². The Hall–Kier alpha value is -3.68. The largest absolute Gasteiger partial charge is 0.493 e. The maximum Gasteiger partial charge on any atom is 0.305 e. The van der Waals surface area contributed by atoms with Crippen LogP contribution in [0, 0.1) is 5.82 Å². The van der Waals surface area contributed by atoms with Crippen molar-refractivity contribution < 1.29 is 24.2 Å². The number of aromatic hydroxyl groups is 1. The van der Waals surface area contributed by atoms with Crippen LogP contribution in [0.25, 0.3) is 11.1 Å². The number of rotatable bonds is 7. The van der Waals surface area contributed by atoms with E-state index in [1.54, 1.807) is 36.4 Å². The van der Waals surface area contributed by atoms with E-state index in [1.807, 2.05) is 0 Å². The van der Waals surface area contributed by atoms with Gasteiger partial charge in [-0.25, -0.2) is 9.07 Å². The van der Waals surface area contributed by atoms with Gasteiger partial charge >= 0.3 is 5.97 Å². The lowest BCUT2D eigenvalue weighted by Crippen LogP contribution is -2.30. The molecule has 1 fully saturated rings. The van der Waals surface area contributed by atoms with E-state index in [0.717, 1.165) is 43.2 Å². The first-order valence-electron chi connectivity index (χ1n) is 11.1. The van der Waals surface area contributed by atoms with E-state index < -0.39 is 17.9 Å². The van der Waals surface area contributed by atoms with E-state index in [2.05, 4.69) is 10.4 Å². The van der Waals surface area contributed by atoms with Crippen LogP contribution in [-0.2, 0) is 4.79 Å². The number of hydrogen-bond acceptors (Lipinski definition) is 4. The summed E-state index contributed by atoms with van der Waals surface area (Å²) >= 11 is 0. The van der Waals surface area contributed by atoms with Crippen molar-refractivity contribution in [1.29, 1.82) is 0 Å². The zero-order chi connectivity index (χ0) is 23.4. The summed E-state index contributed by atoms with van der Waals surface area (Å²) in [6, 6.07) is 13.8. The molecule has 1 saturated carbocycles. The van der Waals surface area contributed by atoms with Gasteiger partial charge in [0.2, 0.25) is 5.88 Å². The van der Waals surface area contributed by atoms with Crippen molar-refractivity contribution >= 4 is 11.9 Å². The predicted octanol–water partition coefficient (Wildman–Crippen LogP) is 4.85. The Morgan fingerprint density at radius 3 is 2.24 bits per heavy atom. The van der Waals surface area contributed by atoms with Crippen molar-refractivity contribution in [2.45, 2.75) is 50.6 Å². The Morgan fingerprint density at radius 2 is 1.64 bits per heavy atom. The molecule has 1 heterocycles. The van der Waals surface area contributed by atoms with Gasteiger partial charge < -0.3 is 15.5 Å². The van der Waals surface area contributed by atoms with Gasteiger partial charge in [0.15, 0.2) is 5.69 Å². The third-order valence-corrected chi connectivity index (χ3v) is 6.04. The van der Waals surface area contributed by atoms with Gasteiger partial charge in [0.05, 0.1) is 18.5 Å². The zero-order valence-electron chi connectivity index (χ0n) is 18.1. The summed E-state index contributed by atoms with van der Waals surface area (Å²) in [5.41, 5.74) is 2.34. The van der Waals surface area contributed by atoms with Crippen LogP contribution in [0.5, 0.6) is 5.88 Å². The van der Waals surface area contributed by atoms with Crippen LogP contribution in [0.3, 0.4) is 0 Å². The molecule has 1 atom stereocenters. The quantitative estimate of drug-likeness (QED) is 0.477. The molecule has 4 rings (SSSR count). The highest BCUT2D eigenvalue weighted by atomic mass is 19.1. The van der Waals surface area contributed by atoms with Gasteiger partial charge in [-0.1, -0.05) is 55.7 Å². The van der Waals surface area contributed by atoms with Crippen LogP contribution in [-0.4, -0.2) is 31.9 Å². The Balaban J connectivity index is 1.51. The normalized spacial score (nSPS) is 15.2. The first kappa shape index (κ1) is 22.5. The summed E-state index contributed by atoms with van der Waals surface area (Å²) < 4.78 is 14.7. The number of aromatic nitrogens is 2. The van der Waals surface area contributed by atoms with Crippen molar-refractivity contribution in [3.05, 3.63) is 71.7 Å². The lowest BCUT2D eigenvalue weighted by Gasteiger charge is -2.22. The Kier molecular flexibility index (Phi) is 6.72. The molecular formula is C25H26FN3O4. The zero-order valence-corrected chi connectivity index (χ0v) is 18.1. The highest BCUT2D eigenvalue weighted by molar-refractivity contribution is 5.93. The molecule has 3 N–H and O–H groups in total. The summed E-state index contributed by atoms with van der Waals surface area (Å²) in [6.07, 6.45) is 4.76. The number of nitrogens with one attached hydrogen (secondary N) is 1. The van der Waals surface area contributed by atoms with Gasteiger partial charge in [-0.15, -0.1) is 0 Å². The highest BCUT2D eigenvalue weighted by Crippen LogP contribution is 2.31. The van der Waals surface area contributed by atoms with E-state index in [-0.39, 0.29) is 29.9 Å². The van der Waals surface area contributed by atoms with Crippen molar-refractivity contribution in [2.75, 3.05) is 0 Å². The van der Waals surface area contributed by atoms with Crippen LogP contribution in [0.4, 0.5) is 4.39 Å². The average Bonchev–Trinajstić information content (AvgIpc) is 3.21. The molecule has 1 amide bonds. The molecule has 8 heteroatoms. The SMILES string of the molecule is O=C(O)CC(NC(=O)c1cc(O)n(C2CCCCC2)n1)c1ccc(-c2ccc(F)cc2)cc1. The van der Waals surface area contributed by atoms with Crippen LogP contribution < -0.4 is 5.32 Å². The number of nitrogens with zero attached hydrogens (tertiary/aromatic N) is 2. The van der Waals surface area contributed by atoms with Gasteiger partial charge in [0.25, 0.3) is 5.91 Å². The fraction of sp³-hybridized carbons (Fsp3) is 0.320. The van der Waals surface area contributed by atoms with Crippen molar-refractivity contribution in [1.82, 2.24) is 15.1 Å². The van der Waals surface area contributed by atoms with E-state index >= 15 is 0 Å². The summed E-state index contributed by atoms with van der Waals surface area (Å²) in [5, 5.41) is 26.7. The maximum atomic E-state index is 13.2. The second-order valence-electron chi connectivity index (χ2n) is 8.38. The summed E-state index contributed by atoms with van der Waals surface area (Å²) in [5.74, 6) is -1.99. The minimum atomic E-state index is -1.06. The van der Waals surface area contributed by atoms with Gasteiger partial charge in [0, 0.05) is 6.07 Å². The predicted molar refractivity (Wildman–Crippen MR) is 120 cm³/mol. The molecule has 0 spiro atoms. The fourth-order valence-electron chi connectivity index (χ4n) is 4.30. The van der Waals surface area contributed by atoms with Crippen molar-refractivity contribution in [3.8, 4) is 17.0 Å². The third-order valence-electron chi connectivity index (χ3n) is 6.04. The molecule has 7 nitrogen and oxygen atoms in total. The van der Waals surface area contributed by atoms with Gasteiger partial charge in [-0.3, -0.25) is 9.59 Å². The minimum Gasteiger partial charge on any atom is -0.493 e. The lowest BCUT2D eigenvalue weighted by atomic mass is 9.96. The van der Waals surface area contributed by atoms with Crippen LogP contribution >= 0.6 is 0 Å². The molecule has 1 unspecified atom stereocenters. The molecule has 33 heavy (non-hydrogen) atoms. The number of benzene rings is 2. The number of carboxylic acid groups (broad SMARTS) is 1. The third kappa shape index (κ3) is 5.39. The summed E-state index contributed by atoms with van der Waals surface area (Å²) in [6.45, 7) is 0. The average molecular weight is 451 g/mol. The molecule has 0 bridgehead atoms. The van der Waals surface area contributed by atoms with Gasteiger partial charge in [-0.05, 0) is 41.7 Å². The topological polar surface area (TPSA) is 104 Å². The Bertz CT molecular complexity index is 1120. The number of carbonyl (C=O) groups is 2. The van der Waals surface area contributed by atoms with Gasteiger partial charge in [0.1, 0.15) is 5.82 Å². The molecular weight excluding hydrogens is 425 g/mol. The molecule has 1 aliphatic rings. The van der Waals surface area contributed by atoms with Gasteiger partial charge in [-0.2, -0.15) is 5.10 Å². The fourth-order valence-corrected chi connectivity index (χ4v) is 4.30. The minimum absolute atomic E-state index is 0.0522. The van der Waals surface area contributed by atoms with Crippen molar-refractivity contribution in [2.24, 2.45) is 0 Å². The van der Waals surface area contributed by atoms with Crippen molar-refractivity contribution in [3.63, 3.8) is 0 Å². The smallest absolute Gasteiger partial charge is 0.305 e. The van der Waals surface area contributed by atoms with Crippen LogP contribution in [0.1, 0.15) is 66.7 Å². The number of carbonyl (C=O) groups excluding carboxylic acids is 1.